The second-order valence-electron chi connectivity index (χ2n) is 4.84. The Morgan fingerprint density at radius 1 is 1.38 bits per heavy atom. The van der Waals surface area contributed by atoms with Crippen LogP contribution in [0, 0.1) is 11.8 Å². The van der Waals surface area contributed by atoms with Gasteiger partial charge in [0, 0.05) is 9.85 Å². The molecular weight excluding hydrogens is 284 g/mol. The first-order valence-corrected chi connectivity index (χ1v) is 7.63. The first kappa shape index (κ1) is 12.6. The highest BCUT2D eigenvalue weighted by molar-refractivity contribution is 9.10. The standard InChI is InChI=1S/C12H19BrN2S/c1-8-2-4-9(5-3-8)12(15-14)10-6-16-7-11(10)13/h6-9,12,15H,2-5,14H2,1H3. The molecule has 0 amide bonds. The summed E-state index contributed by atoms with van der Waals surface area (Å²) in [6.45, 7) is 2.35. The van der Waals surface area contributed by atoms with Gasteiger partial charge in [-0.25, -0.2) is 0 Å². The first-order chi connectivity index (χ1) is 7.72. The summed E-state index contributed by atoms with van der Waals surface area (Å²) in [7, 11) is 0. The van der Waals surface area contributed by atoms with E-state index < -0.39 is 0 Å². The first-order valence-electron chi connectivity index (χ1n) is 5.90. The van der Waals surface area contributed by atoms with Gasteiger partial charge in [0.1, 0.15) is 0 Å². The number of rotatable bonds is 3. The Morgan fingerprint density at radius 3 is 2.56 bits per heavy atom. The molecule has 90 valence electrons. The van der Waals surface area contributed by atoms with Crippen molar-refractivity contribution in [3.63, 3.8) is 0 Å². The van der Waals surface area contributed by atoms with E-state index in [1.165, 1.54) is 35.7 Å². The molecule has 0 bridgehead atoms. The summed E-state index contributed by atoms with van der Waals surface area (Å²) in [5.41, 5.74) is 4.33. The molecule has 1 heterocycles. The molecule has 1 unspecified atom stereocenters. The fraction of sp³-hybridized carbons (Fsp3) is 0.667. The Hall–Kier alpha value is 0.100. The van der Waals surface area contributed by atoms with Gasteiger partial charge in [0.15, 0.2) is 0 Å². The molecule has 1 fully saturated rings. The van der Waals surface area contributed by atoms with Crippen molar-refractivity contribution in [3.05, 3.63) is 20.8 Å². The Labute approximate surface area is 110 Å². The summed E-state index contributed by atoms with van der Waals surface area (Å²) in [5.74, 6) is 7.31. The van der Waals surface area contributed by atoms with Crippen LogP contribution in [0.1, 0.15) is 44.2 Å². The number of hydrazine groups is 1. The Bertz CT molecular complexity index is 332. The molecular formula is C12H19BrN2S. The number of hydrogen-bond acceptors (Lipinski definition) is 3. The molecule has 1 aromatic heterocycles. The van der Waals surface area contributed by atoms with Crippen molar-refractivity contribution in [2.45, 2.75) is 38.6 Å². The molecule has 1 saturated carbocycles. The van der Waals surface area contributed by atoms with Gasteiger partial charge < -0.3 is 0 Å². The van der Waals surface area contributed by atoms with Gasteiger partial charge in [0.25, 0.3) is 0 Å². The van der Waals surface area contributed by atoms with Crippen LogP contribution in [0.2, 0.25) is 0 Å². The van der Waals surface area contributed by atoms with E-state index in [0.29, 0.717) is 12.0 Å². The Morgan fingerprint density at radius 2 is 2.06 bits per heavy atom. The van der Waals surface area contributed by atoms with Crippen molar-refractivity contribution in [2.24, 2.45) is 17.7 Å². The summed E-state index contributed by atoms with van der Waals surface area (Å²) in [4.78, 5) is 0. The molecule has 1 atom stereocenters. The van der Waals surface area contributed by atoms with Crippen molar-refractivity contribution in [2.75, 3.05) is 0 Å². The quantitative estimate of drug-likeness (QED) is 0.657. The normalized spacial score (nSPS) is 27.9. The zero-order valence-corrected chi connectivity index (χ0v) is 12.0. The molecule has 1 aliphatic rings. The zero-order valence-electron chi connectivity index (χ0n) is 9.58. The van der Waals surface area contributed by atoms with E-state index in [-0.39, 0.29) is 0 Å². The van der Waals surface area contributed by atoms with Crippen molar-refractivity contribution in [1.82, 2.24) is 5.43 Å². The van der Waals surface area contributed by atoms with Gasteiger partial charge in [-0.1, -0.05) is 19.8 Å². The average molecular weight is 303 g/mol. The highest BCUT2D eigenvalue weighted by atomic mass is 79.9. The molecule has 2 rings (SSSR count). The lowest BCUT2D eigenvalue weighted by Crippen LogP contribution is -2.35. The number of halogens is 1. The monoisotopic (exact) mass is 302 g/mol. The van der Waals surface area contributed by atoms with Crippen LogP contribution in [-0.2, 0) is 0 Å². The summed E-state index contributed by atoms with van der Waals surface area (Å²) in [6, 6.07) is 0.313. The van der Waals surface area contributed by atoms with E-state index in [1.54, 1.807) is 11.3 Å². The average Bonchev–Trinajstić information content (AvgIpc) is 2.69. The zero-order chi connectivity index (χ0) is 11.5. The minimum absolute atomic E-state index is 0.313. The fourth-order valence-corrected chi connectivity index (χ4v) is 4.19. The van der Waals surface area contributed by atoms with E-state index in [2.05, 4.69) is 39.0 Å². The summed E-state index contributed by atoms with van der Waals surface area (Å²) in [5, 5.41) is 4.33. The minimum atomic E-state index is 0.313. The van der Waals surface area contributed by atoms with Crippen LogP contribution >= 0.6 is 27.3 Å². The van der Waals surface area contributed by atoms with E-state index in [1.807, 2.05) is 0 Å². The van der Waals surface area contributed by atoms with Crippen LogP contribution in [0.15, 0.2) is 15.2 Å². The third-order valence-corrected chi connectivity index (χ3v) is 5.44. The van der Waals surface area contributed by atoms with E-state index in [9.17, 15) is 0 Å². The third kappa shape index (κ3) is 2.67. The summed E-state index contributed by atoms with van der Waals surface area (Å²) in [6.07, 6.45) is 5.26. The smallest absolute Gasteiger partial charge is 0.0507 e. The van der Waals surface area contributed by atoms with E-state index in [4.69, 9.17) is 5.84 Å². The van der Waals surface area contributed by atoms with Gasteiger partial charge in [-0.3, -0.25) is 11.3 Å². The molecule has 0 radical (unpaired) electrons. The number of nitrogens with one attached hydrogen (secondary N) is 1. The predicted octanol–water partition coefficient (Wildman–Crippen LogP) is 3.84. The molecule has 0 aliphatic heterocycles. The maximum atomic E-state index is 5.73. The SMILES string of the molecule is CC1CCC(C(NN)c2cscc2Br)CC1. The second kappa shape index (κ2) is 5.63. The van der Waals surface area contributed by atoms with Crippen LogP contribution < -0.4 is 11.3 Å². The lowest BCUT2D eigenvalue weighted by atomic mass is 9.78. The van der Waals surface area contributed by atoms with E-state index in [0.717, 1.165) is 5.92 Å². The van der Waals surface area contributed by atoms with Crippen molar-refractivity contribution in [1.29, 1.82) is 0 Å². The summed E-state index contributed by atoms with van der Waals surface area (Å²) >= 11 is 5.33. The fourth-order valence-electron chi connectivity index (χ4n) is 2.61. The number of nitrogens with two attached hydrogens (primary N) is 1. The van der Waals surface area contributed by atoms with Gasteiger partial charge in [0.05, 0.1) is 6.04 Å². The Balaban J connectivity index is 2.08. The molecule has 4 heteroatoms. The lowest BCUT2D eigenvalue weighted by molar-refractivity contribution is 0.232. The van der Waals surface area contributed by atoms with Crippen molar-refractivity contribution in [3.8, 4) is 0 Å². The molecule has 2 nitrogen and oxygen atoms in total. The second-order valence-corrected chi connectivity index (χ2v) is 6.44. The van der Waals surface area contributed by atoms with E-state index >= 15 is 0 Å². The molecule has 0 saturated heterocycles. The van der Waals surface area contributed by atoms with Gasteiger partial charge >= 0.3 is 0 Å². The molecule has 1 aromatic rings. The Kier molecular flexibility index (Phi) is 4.41. The van der Waals surface area contributed by atoms with Crippen LogP contribution in [0.25, 0.3) is 0 Å². The minimum Gasteiger partial charge on any atom is -0.271 e. The van der Waals surface area contributed by atoms with Crippen LogP contribution in [0.3, 0.4) is 0 Å². The molecule has 3 N–H and O–H groups in total. The van der Waals surface area contributed by atoms with Crippen LogP contribution in [0.5, 0.6) is 0 Å². The van der Waals surface area contributed by atoms with Crippen LogP contribution in [-0.4, -0.2) is 0 Å². The summed E-state index contributed by atoms with van der Waals surface area (Å²) < 4.78 is 1.19. The maximum Gasteiger partial charge on any atom is 0.0507 e. The largest absolute Gasteiger partial charge is 0.271 e. The molecule has 16 heavy (non-hydrogen) atoms. The van der Waals surface area contributed by atoms with Crippen LogP contribution in [0.4, 0.5) is 0 Å². The molecule has 0 spiro atoms. The van der Waals surface area contributed by atoms with Gasteiger partial charge in [-0.05, 0) is 51.6 Å². The van der Waals surface area contributed by atoms with Gasteiger partial charge in [-0.15, -0.1) is 0 Å². The topological polar surface area (TPSA) is 38.0 Å². The van der Waals surface area contributed by atoms with Gasteiger partial charge in [-0.2, -0.15) is 11.3 Å². The molecule has 0 aromatic carbocycles. The number of thiophene rings is 1. The number of hydrogen-bond donors (Lipinski definition) is 2. The third-order valence-electron chi connectivity index (χ3n) is 3.69. The predicted molar refractivity (Wildman–Crippen MR) is 73.2 cm³/mol. The van der Waals surface area contributed by atoms with Crippen molar-refractivity contribution < 1.29 is 0 Å². The highest BCUT2D eigenvalue weighted by Gasteiger charge is 2.27. The van der Waals surface area contributed by atoms with Gasteiger partial charge in [0.2, 0.25) is 0 Å². The molecule has 1 aliphatic carbocycles. The van der Waals surface area contributed by atoms with Crippen molar-refractivity contribution >= 4 is 27.3 Å². The lowest BCUT2D eigenvalue weighted by Gasteiger charge is -2.32. The highest BCUT2D eigenvalue weighted by Crippen LogP contribution is 2.39. The maximum absolute atomic E-state index is 5.73.